The highest BCUT2D eigenvalue weighted by atomic mass is 35.5. The number of hydrogen-bond donors (Lipinski definition) is 1. The van der Waals surface area contributed by atoms with Gasteiger partial charge in [0.1, 0.15) is 5.75 Å². The van der Waals surface area contributed by atoms with Crippen LogP contribution in [0.5, 0.6) is 5.75 Å². The van der Waals surface area contributed by atoms with Gasteiger partial charge in [0.25, 0.3) is 0 Å². The van der Waals surface area contributed by atoms with Gasteiger partial charge < -0.3 is 14.5 Å². The predicted octanol–water partition coefficient (Wildman–Crippen LogP) is 6.43. The molecule has 5 aromatic rings. The minimum absolute atomic E-state index is 0.128. The summed E-state index contributed by atoms with van der Waals surface area (Å²) in [7, 11) is 0. The van der Waals surface area contributed by atoms with E-state index in [1.807, 2.05) is 71.5 Å². The molecule has 0 radical (unpaired) electrons. The van der Waals surface area contributed by atoms with Gasteiger partial charge in [-0.3, -0.25) is 9.36 Å². The summed E-state index contributed by atoms with van der Waals surface area (Å²) in [5, 5.41) is 15.1. The number of thioether (sulfide) groups is 1. The summed E-state index contributed by atoms with van der Waals surface area (Å²) in [5.41, 5.74) is 2.53. The molecule has 3 heterocycles. The number of carbonyl (C=O) groups is 1. The van der Waals surface area contributed by atoms with E-state index in [0.717, 1.165) is 22.7 Å². The number of thiazole rings is 1. The van der Waals surface area contributed by atoms with E-state index < -0.39 is 0 Å². The Balaban J connectivity index is 1.31. The molecule has 0 atom stereocenters. The lowest BCUT2D eigenvalue weighted by atomic mass is 10.2. The summed E-state index contributed by atoms with van der Waals surface area (Å²) >= 11 is 8.60. The Bertz CT molecular complexity index is 1450. The molecular weight excluding hydrogens is 518 g/mol. The number of furan rings is 1. The minimum atomic E-state index is -0.196. The number of ether oxygens (including phenoxy) is 1. The number of halogens is 1. The van der Waals surface area contributed by atoms with Crippen LogP contribution in [0.3, 0.4) is 0 Å². The molecule has 0 aliphatic rings. The quantitative estimate of drug-likeness (QED) is 0.216. The van der Waals surface area contributed by atoms with Crippen LogP contribution in [0, 0.1) is 0 Å². The number of carbonyl (C=O) groups excluding carboxylic acids is 1. The van der Waals surface area contributed by atoms with Gasteiger partial charge in [-0.1, -0.05) is 35.5 Å². The molecule has 0 saturated heterocycles. The lowest BCUT2D eigenvalue weighted by Gasteiger charge is -2.10. The topological polar surface area (TPSA) is 95.1 Å². The maximum atomic E-state index is 12.7. The van der Waals surface area contributed by atoms with E-state index >= 15 is 0 Å². The average molecular weight is 538 g/mol. The second-order valence-corrected chi connectivity index (χ2v) is 9.66. The van der Waals surface area contributed by atoms with Crippen molar-refractivity contribution in [2.75, 3.05) is 17.7 Å². The van der Waals surface area contributed by atoms with Gasteiger partial charge in [-0.05, 0) is 55.5 Å². The molecule has 182 valence electrons. The number of hydrogen-bond acceptors (Lipinski definition) is 8. The average Bonchev–Trinajstić information content (AvgIpc) is 3.65. The first-order chi connectivity index (χ1) is 17.6. The van der Waals surface area contributed by atoms with Crippen molar-refractivity contribution >= 4 is 45.7 Å². The van der Waals surface area contributed by atoms with Crippen molar-refractivity contribution < 1.29 is 13.9 Å². The smallest absolute Gasteiger partial charge is 0.236 e. The van der Waals surface area contributed by atoms with E-state index in [4.69, 9.17) is 20.8 Å². The van der Waals surface area contributed by atoms with Gasteiger partial charge in [0.2, 0.25) is 11.7 Å². The Kier molecular flexibility index (Phi) is 7.36. The van der Waals surface area contributed by atoms with Crippen molar-refractivity contribution in [2.24, 2.45) is 0 Å². The fourth-order valence-electron chi connectivity index (χ4n) is 3.39. The number of nitrogens with one attached hydrogen (secondary N) is 1. The third-order valence-electron chi connectivity index (χ3n) is 5.00. The third-order valence-corrected chi connectivity index (χ3v) is 6.94. The number of rotatable bonds is 9. The van der Waals surface area contributed by atoms with Crippen molar-refractivity contribution in [1.82, 2.24) is 19.7 Å². The van der Waals surface area contributed by atoms with Crippen LogP contribution in [0.1, 0.15) is 6.92 Å². The summed E-state index contributed by atoms with van der Waals surface area (Å²) in [6.07, 6.45) is 1.58. The Morgan fingerprint density at radius 3 is 2.67 bits per heavy atom. The predicted molar refractivity (Wildman–Crippen MR) is 142 cm³/mol. The SMILES string of the molecule is CCOc1ccc(-n2c(SCC(=O)Nc3nc(-c4ccc(Cl)cc4)cs3)nnc2-c2ccco2)cc1. The molecule has 0 saturated carbocycles. The molecule has 0 unspecified atom stereocenters. The van der Waals surface area contributed by atoms with E-state index in [1.54, 1.807) is 12.3 Å². The summed E-state index contributed by atoms with van der Waals surface area (Å²) in [6.45, 7) is 2.52. The Morgan fingerprint density at radius 2 is 1.94 bits per heavy atom. The highest BCUT2D eigenvalue weighted by Crippen LogP contribution is 2.30. The maximum absolute atomic E-state index is 12.7. The molecule has 1 amide bonds. The lowest BCUT2D eigenvalue weighted by molar-refractivity contribution is -0.113. The second-order valence-electron chi connectivity index (χ2n) is 7.43. The number of anilines is 1. The van der Waals surface area contributed by atoms with E-state index in [1.165, 1.54) is 23.1 Å². The van der Waals surface area contributed by atoms with E-state index in [0.29, 0.717) is 33.5 Å². The number of amides is 1. The summed E-state index contributed by atoms with van der Waals surface area (Å²) in [6, 6.07) is 18.6. The Hall–Kier alpha value is -3.60. The number of nitrogens with zero attached hydrogens (tertiary/aromatic N) is 4. The molecule has 0 aliphatic heterocycles. The Morgan fingerprint density at radius 1 is 1.14 bits per heavy atom. The van der Waals surface area contributed by atoms with Gasteiger partial charge in [0, 0.05) is 16.0 Å². The molecule has 0 fully saturated rings. The van der Waals surface area contributed by atoms with E-state index in [2.05, 4.69) is 20.5 Å². The van der Waals surface area contributed by atoms with E-state index in [-0.39, 0.29) is 11.7 Å². The van der Waals surface area contributed by atoms with Crippen LogP contribution < -0.4 is 10.1 Å². The zero-order valence-corrected chi connectivity index (χ0v) is 21.4. The maximum Gasteiger partial charge on any atom is 0.236 e. The molecular formula is C25H20ClN5O3S2. The highest BCUT2D eigenvalue weighted by molar-refractivity contribution is 7.99. The number of benzene rings is 2. The number of aromatic nitrogens is 4. The zero-order chi connectivity index (χ0) is 24.9. The van der Waals surface area contributed by atoms with Crippen LogP contribution in [-0.4, -0.2) is 38.0 Å². The van der Waals surface area contributed by atoms with Gasteiger partial charge in [-0.15, -0.1) is 21.5 Å². The summed E-state index contributed by atoms with van der Waals surface area (Å²) in [5.74, 6) is 1.81. The standard InChI is InChI=1S/C25H20ClN5O3S2/c1-2-33-19-11-9-18(10-12-19)31-23(21-4-3-13-34-21)29-30-25(31)36-15-22(32)28-24-27-20(14-35-24)16-5-7-17(26)8-6-16/h3-14H,2,15H2,1H3,(H,27,28,32). The van der Waals surface area contributed by atoms with Crippen LogP contribution in [0.15, 0.2) is 81.9 Å². The van der Waals surface area contributed by atoms with Gasteiger partial charge >= 0.3 is 0 Å². The molecule has 0 spiro atoms. The molecule has 1 N–H and O–H groups in total. The molecule has 5 rings (SSSR count). The lowest BCUT2D eigenvalue weighted by Crippen LogP contribution is -2.14. The molecule has 0 bridgehead atoms. The van der Waals surface area contributed by atoms with Gasteiger partial charge in [0.05, 0.1) is 30.0 Å². The largest absolute Gasteiger partial charge is 0.494 e. The van der Waals surface area contributed by atoms with Crippen molar-refractivity contribution in [2.45, 2.75) is 12.1 Å². The van der Waals surface area contributed by atoms with E-state index in [9.17, 15) is 4.79 Å². The first kappa shape index (κ1) is 24.1. The van der Waals surface area contributed by atoms with Crippen LogP contribution in [0.2, 0.25) is 5.02 Å². The van der Waals surface area contributed by atoms with Crippen molar-refractivity contribution in [3.63, 3.8) is 0 Å². The summed E-state index contributed by atoms with van der Waals surface area (Å²) in [4.78, 5) is 17.2. The summed E-state index contributed by atoms with van der Waals surface area (Å²) < 4.78 is 13.0. The molecule has 36 heavy (non-hydrogen) atoms. The first-order valence-electron chi connectivity index (χ1n) is 11.0. The first-order valence-corrected chi connectivity index (χ1v) is 13.2. The van der Waals surface area contributed by atoms with Crippen molar-refractivity contribution in [3.05, 3.63) is 77.3 Å². The highest BCUT2D eigenvalue weighted by Gasteiger charge is 2.19. The van der Waals surface area contributed by atoms with Crippen LogP contribution in [-0.2, 0) is 4.79 Å². The normalized spacial score (nSPS) is 10.9. The minimum Gasteiger partial charge on any atom is -0.494 e. The molecule has 3 aromatic heterocycles. The van der Waals surface area contributed by atoms with Crippen LogP contribution in [0.25, 0.3) is 28.5 Å². The van der Waals surface area contributed by atoms with Gasteiger partial charge in [0.15, 0.2) is 16.0 Å². The molecule has 8 nitrogen and oxygen atoms in total. The fraction of sp³-hybridized carbons (Fsp3) is 0.120. The van der Waals surface area contributed by atoms with Gasteiger partial charge in [-0.2, -0.15) is 0 Å². The zero-order valence-electron chi connectivity index (χ0n) is 19.1. The van der Waals surface area contributed by atoms with Crippen molar-refractivity contribution in [1.29, 1.82) is 0 Å². The van der Waals surface area contributed by atoms with Crippen LogP contribution >= 0.6 is 34.7 Å². The van der Waals surface area contributed by atoms with Gasteiger partial charge in [-0.25, -0.2) is 4.98 Å². The molecule has 11 heteroatoms. The third kappa shape index (κ3) is 5.46. The Labute approximate surface area is 220 Å². The monoisotopic (exact) mass is 537 g/mol. The van der Waals surface area contributed by atoms with Crippen LogP contribution in [0.4, 0.5) is 5.13 Å². The van der Waals surface area contributed by atoms with Crippen molar-refractivity contribution in [3.8, 4) is 34.3 Å². The second kappa shape index (κ2) is 11.0. The molecule has 2 aromatic carbocycles. The fourth-order valence-corrected chi connectivity index (χ4v) is 5.00. The molecule has 0 aliphatic carbocycles.